The Labute approximate surface area is 82.8 Å². The van der Waals surface area contributed by atoms with Gasteiger partial charge in [0.2, 0.25) is 0 Å². The molecule has 0 bridgehead atoms. The van der Waals surface area contributed by atoms with Gasteiger partial charge in [0.05, 0.1) is 6.54 Å². The SMILES string of the molecule is COC1OC=C(CNC(=O)C(F)(F)F)O1. The second-order valence-corrected chi connectivity index (χ2v) is 2.54. The number of methoxy groups -OCH3 is 1. The third-order valence-corrected chi connectivity index (χ3v) is 1.43. The molecule has 1 atom stereocenters. The number of ether oxygens (including phenoxy) is 3. The lowest BCUT2D eigenvalue weighted by atomic mass is 10.5. The second-order valence-electron chi connectivity index (χ2n) is 2.54. The molecule has 1 amide bonds. The maximum absolute atomic E-state index is 11.7. The van der Waals surface area contributed by atoms with E-state index in [4.69, 9.17) is 9.47 Å². The summed E-state index contributed by atoms with van der Waals surface area (Å²) in [6, 6.07) is 0. The highest BCUT2D eigenvalue weighted by atomic mass is 19.4. The van der Waals surface area contributed by atoms with Crippen LogP contribution in [-0.2, 0) is 19.0 Å². The molecule has 86 valence electrons. The Balaban J connectivity index is 2.30. The second kappa shape index (κ2) is 4.39. The van der Waals surface area contributed by atoms with E-state index in [1.54, 1.807) is 5.32 Å². The number of nitrogens with one attached hydrogen (secondary N) is 1. The predicted molar refractivity (Wildman–Crippen MR) is 40.1 cm³/mol. The lowest BCUT2D eigenvalue weighted by Gasteiger charge is -2.10. The molecule has 0 saturated heterocycles. The lowest BCUT2D eigenvalue weighted by Crippen LogP contribution is -2.37. The summed E-state index contributed by atoms with van der Waals surface area (Å²) in [5, 5.41) is 1.62. The summed E-state index contributed by atoms with van der Waals surface area (Å²) >= 11 is 0. The first-order valence-electron chi connectivity index (χ1n) is 3.82. The zero-order valence-electron chi connectivity index (χ0n) is 7.63. The van der Waals surface area contributed by atoms with Crippen molar-refractivity contribution in [3.05, 3.63) is 12.0 Å². The number of halogens is 3. The van der Waals surface area contributed by atoms with Crippen LogP contribution in [0.25, 0.3) is 0 Å². The third-order valence-electron chi connectivity index (χ3n) is 1.43. The van der Waals surface area contributed by atoms with E-state index >= 15 is 0 Å². The van der Waals surface area contributed by atoms with Crippen LogP contribution in [0.5, 0.6) is 0 Å². The Bertz CT molecular complexity index is 276. The van der Waals surface area contributed by atoms with Crippen LogP contribution in [0.4, 0.5) is 13.2 Å². The van der Waals surface area contributed by atoms with Crippen molar-refractivity contribution in [2.45, 2.75) is 12.7 Å². The number of hydrogen-bond donors (Lipinski definition) is 1. The van der Waals surface area contributed by atoms with E-state index in [2.05, 4.69) is 4.74 Å². The molecule has 1 aliphatic heterocycles. The fraction of sp³-hybridized carbons (Fsp3) is 0.571. The van der Waals surface area contributed by atoms with Crippen LogP contribution in [0, 0.1) is 0 Å². The molecule has 0 radical (unpaired) electrons. The zero-order chi connectivity index (χ0) is 11.5. The first kappa shape index (κ1) is 11.6. The van der Waals surface area contributed by atoms with Crippen molar-refractivity contribution in [1.82, 2.24) is 5.32 Å². The van der Waals surface area contributed by atoms with Crippen LogP contribution < -0.4 is 5.32 Å². The van der Waals surface area contributed by atoms with Crippen molar-refractivity contribution >= 4 is 5.91 Å². The number of hydrogen-bond acceptors (Lipinski definition) is 4. The van der Waals surface area contributed by atoms with Crippen molar-refractivity contribution in [3.8, 4) is 0 Å². The summed E-state index contributed by atoms with van der Waals surface area (Å²) in [6.45, 7) is -1.37. The van der Waals surface area contributed by atoms with Gasteiger partial charge in [-0.3, -0.25) is 4.79 Å². The number of amides is 1. The molecule has 0 aliphatic carbocycles. The molecule has 1 aliphatic rings. The van der Waals surface area contributed by atoms with Gasteiger partial charge in [0.25, 0.3) is 0 Å². The van der Waals surface area contributed by atoms with E-state index < -0.39 is 25.1 Å². The van der Waals surface area contributed by atoms with Crippen LogP contribution in [0.1, 0.15) is 0 Å². The molecule has 5 nitrogen and oxygen atoms in total. The number of rotatable bonds is 3. The molecule has 1 rings (SSSR count). The minimum atomic E-state index is -4.90. The van der Waals surface area contributed by atoms with Crippen LogP contribution >= 0.6 is 0 Å². The molecule has 0 aromatic carbocycles. The Kier molecular flexibility index (Phi) is 3.40. The minimum Gasteiger partial charge on any atom is -0.436 e. The van der Waals surface area contributed by atoms with E-state index in [1.807, 2.05) is 0 Å². The summed E-state index contributed by atoms with van der Waals surface area (Å²) in [7, 11) is 1.30. The quantitative estimate of drug-likeness (QED) is 0.762. The highest BCUT2D eigenvalue weighted by molar-refractivity contribution is 5.81. The molecule has 1 N–H and O–H groups in total. The van der Waals surface area contributed by atoms with Gasteiger partial charge in [0.1, 0.15) is 6.26 Å². The van der Waals surface area contributed by atoms with Gasteiger partial charge in [-0.15, -0.1) is 0 Å². The summed E-state index contributed by atoms with van der Waals surface area (Å²) in [5.74, 6) is -1.98. The molecule has 1 unspecified atom stereocenters. The Hall–Kier alpha value is -1.44. The number of alkyl halides is 3. The van der Waals surface area contributed by atoms with Crippen LogP contribution in [0.15, 0.2) is 12.0 Å². The monoisotopic (exact) mass is 227 g/mol. The lowest BCUT2D eigenvalue weighted by molar-refractivity contribution is -0.208. The maximum Gasteiger partial charge on any atom is 0.471 e. The first-order valence-corrected chi connectivity index (χ1v) is 3.82. The largest absolute Gasteiger partial charge is 0.471 e. The van der Waals surface area contributed by atoms with Gasteiger partial charge in [-0.25, -0.2) is 0 Å². The molecule has 1 heterocycles. The minimum absolute atomic E-state index is 0.0550. The standard InChI is InChI=1S/C7H8F3NO4/c1-13-6-14-3-4(15-6)2-11-5(12)7(8,9)10/h3,6H,2H2,1H3,(H,11,12). The van der Waals surface area contributed by atoms with E-state index in [9.17, 15) is 18.0 Å². The average molecular weight is 227 g/mol. The first-order chi connectivity index (χ1) is 6.93. The van der Waals surface area contributed by atoms with E-state index in [0.29, 0.717) is 0 Å². The fourth-order valence-corrected chi connectivity index (χ4v) is 0.765. The topological polar surface area (TPSA) is 56.8 Å². The Morgan fingerprint density at radius 1 is 1.67 bits per heavy atom. The summed E-state index contributed by atoms with van der Waals surface area (Å²) in [4.78, 5) is 10.4. The van der Waals surface area contributed by atoms with Gasteiger partial charge in [0.15, 0.2) is 5.76 Å². The van der Waals surface area contributed by atoms with E-state index in [-0.39, 0.29) is 5.76 Å². The van der Waals surface area contributed by atoms with Crippen molar-refractivity contribution in [2.75, 3.05) is 13.7 Å². The summed E-state index contributed by atoms with van der Waals surface area (Å²) in [5.41, 5.74) is 0. The van der Waals surface area contributed by atoms with Gasteiger partial charge >= 0.3 is 18.6 Å². The Morgan fingerprint density at radius 2 is 2.33 bits per heavy atom. The fourth-order valence-electron chi connectivity index (χ4n) is 0.765. The van der Waals surface area contributed by atoms with Crippen molar-refractivity contribution in [1.29, 1.82) is 0 Å². The highest BCUT2D eigenvalue weighted by Gasteiger charge is 2.38. The smallest absolute Gasteiger partial charge is 0.436 e. The van der Waals surface area contributed by atoms with Crippen molar-refractivity contribution in [3.63, 3.8) is 0 Å². The van der Waals surface area contributed by atoms with Crippen molar-refractivity contribution < 1.29 is 32.2 Å². The maximum atomic E-state index is 11.7. The van der Waals surface area contributed by atoms with Crippen molar-refractivity contribution in [2.24, 2.45) is 0 Å². The van der Waals surface area contributed by atoms with Crippen LogP contribution in [0.3, 0.4) is 0 Å². The van der Waals surface area contributed by atoms with Gasteiger partial charge in [-0.2, -0.15) is 13.2 Å². The van der Waals surface area contributed by atoms with Crippen LogP contribution in [0.2, 0.25) is 0 Å². The summed E-state index contributed by atoms with van der Waals surface area (Å²) in [6.07, 6.45) is -3.83. The van der Waals surface area contributed by atoms with E-state index in [0.717, 1.165) is 6.26 Å². The average Bonchev–Trinajstić information content (AvgIpc) is 2.60. The molecule has 0 fully saturated rings. The van der Waals surface area contributed by atoms with Gasteiger partial charge in [0, 0.05) is 7.11 Å². The molecular weight excluding hydrogens is 219 g/mol. The van der Waals surface area contributed by atoms with Gasteiger partial charge in [-0.05, 0) is 0 Å². The molecule has 8 heteroatoms. The summed E-state index contributed by atoms with van der Waals surface area (Å²) < 4.78 is 49.3. The molecule has 0 spiro atoms. The molecular formula is C7H8F3NO4. The molecule has 15 heavy (non-hydrogen) atoms. The van der Waals surface area contributed by atoms with E-state index in [1.165, 1.54) is 7.11 Å². The Morgan fingerprint density at radius 3 is 2.80 bits per heavy atom. The molecule has 0 saturated carbocycles. The highest BCUT2D eigenvalue weighted by Crippen LogP contribution is 2.16. The predicted octanol–water partition coefficient (Wildman–Crippen LogP) is 0.483. The molecule has 0 aromatic heterocycles. The third kappa shape index (κ3) is 3.31. The number of carbonyl (C=O) groups excluding carboxylic acids is 1. The number of carbonyl (C=O) groups is 1. The normalized spacial score (nSPS) is 20.3. The van der Waals surface area contributed by atoms with Crippen LogP contribution in [-0.4, -0.2) is 32.2 Å². The zero-order valence-corrected chi connectivity index (χ0v) is 7.63. The molecule has 0 aromatic rings. The van der Waals surface area contributed by atoms with Gasteiger partial charge in [-0.1, -0.05) is 0 Å². The van der Waals surface area contributed by atoms with Gasteiger partial charge < -0.3 is 19.5 Å².